The molecule has 148 valence electrons. The van der Waals surface area contributed by atoms with Gasteiger partial charge in [-0.1, -0.05) is 70.4 Å². The highest BCUT2D eigenvalue weighted by Crippen LogP contribution is 2.09. The van der Waals surface area contributed by atoms with Crippen molar-refractivity contribution in [2.24, 2.45) is 11.5 Å². The molecule has 0 spiro atoms. The van der Waals surface area contributed by atoms with E-state index in [4.69, 9.17) is 10.8 Å². The van der Waals surface area contributed by atoms with Gasteiger partial charge in [-0.25, -0.2) is 0 Å². The summed E-state index contributed by atoms with van der Waals surface area (Å²) in [5.74, 6) is -1.13. The van der Waals surface area contributed by atoms with Crippen LogP contribution in [0.2, 0.25) is 0 Å². The Balaban J connectivity index is 0. The fraction of sp³-hybridized carbons (Fsp3) is 0.800. The minimum Gasteiger partial charge on any atom is -0.480 e. The van der Waals surface area contributed by atoms with Gasteiger partial charge in [-0.15, -0.1) is 0 Å². The Kier molecular flexibility index (Phi) is 23.4. The number of carboxylic acid groups (broad SMARTS) is 1. The number of aliphatic carboxylic acids is 1. The normalized spacial score (nSPS) is 10.5. The summed E-state index contributed by atoms with van der Waals surface area (Å²) in [6.07, 6.45) is 21.9. The maximum absolute atomic E-state index is 10.5. The fourth-order valence-corrected chi connectivity index (χ4v) is 2.37. The number of carboxylic acids is 1. The highest BCUT2D eigenvalue weighted by molar-refractivity contribution is 5.73. The van der Waals surface area contributed by atoms with E-state index in [1.165, 1.54) is 70.6 Å². The van der Waals surface area contributed by atoms with E-state index in [1.807, 2.05) is 0 Å². The number of amides is 1. The van der Waals surface area contributed by atoms with Gasteiger partial charge in [0.2, 0.25) is 5.91 Å². The van der Waals surface area contributed by atoms with Crippen molar-refractivity contribution in [3.05, 3.63) is 12.2 Å². The number of carbonyl (C=O) groups excluding carboxylic acids is 1. The first-order valence-electron chi connectivity index (χ1n) is 9.89. The first kappa shape index (κ1) is 25.9. The molecule has 0 radical (unpaired) electrons. The van der Waals surface area contributed by atoms with Crippen molar-refractivity contribution >= 4 is 11.9 Å². The maximum atomic E-state index is 10.5. The van der Waals surface area contributed by atoms with Crippen molar-refractivity contribution < 1.29 is 14.7 Å². The van der Waals surface area contributed by atoms with Gasteiger partial charge in [-0.05, 0) is 32.1 Å². The molecule has 0 atom stereocenters. The number of allylic oxidation sites excluding steroid dienone is 2. The van der Waals surface area contributed by atoms with Crippen LogP contribution < -0.4 is 11.5 Å². The van der Waals surface area contributed by atoms with E-state index in [0.29, 0.717) is 6.42 Å². The molecule has 0 aromatic rings. The monoisotopic (exact) mass is 356 g/mol. The zero-order chi connectivity index (χ0) is 19.2. The third kappa shape index (κ3) is 31.0. The van der Waals surface area contributed by atoms with Gasteiger partial charge in [0.05, 0.1) is 6.54 Å². The number of rotatable bonds is 16. The summed E-state index contributed by atoms with van der Waals surface area (Å²) >= 11 is 0. The molecule has 1 amide bonds. The Hall–Kier alpha value is -1.36. The minimum absolute atomic E-state index is 0.164. The van der Waals surface area contributed by atoms with Gasteiger partial charge in [0.15, 0.2) is 0 Å². The van der Waals surface area contributed by atoms with E-state index in [1.54, 1.807) is 0 Å². The standard InChI is InChI=1S/C18H35NO.C2H5NO2/c1-2-3-4-5-6-7-8-9-10-11-12-13-14-15-16-17-18(19)20;3-1-2(4)5/h9-10H,2-8,11-17H2,1H3,(H2,19,20);1,3H2,(H,4,5)/b10-9-;. The lowest BCUT2D eigenvalue weighted by Gasteiger charge is -1.99. The van der Waals surface area contributed by atoms with Crippen molar-refractivity contribution in [1.82, 2.24) is 0 Å². The Bertz CT molecular complexity index is 331. The molecular weight excluding hydrogens is 316 g/mol. The van der Waals surface area contributed by atoms with Crippen molar-refractivity contribution in [3.8, 4) is 0 Å². The Morgan fingerprint density at radius 3 is 1.60 bits per heavy atom. The number of unbranched alkanes of at least 4 members (excludes halogenated alkanes) is 11. The number of nitrogens with two attached hydrogens (primary N) is 2. The van der Waals surface area contributed by atoms with Gasteiger partial charge in [-0.3, -0.25) is 9.59 Å². The molecule has 0 bridgehead atoms. The summed E-state index contributed by atoms with van der Waals surface area (Å²) in [5, 5.41) is 7.60. The van der Waals surface area contributed by atoms with Gasteiger partial charge in [0.25, 0.3) is 0 Å². The largest absolute Gasteiger partial charge is 0.480 e. The molecule has 0 rings (SSSR count). The predicted octanol–water partition coefficient (Wildman–Crippen LogP) is 4.54. The van der Waals surface area contributed by atoms with Crippen LogP contribution in [0.1, 0.15) is 96.8 Å². The summed E-state index contributed by atoms with van der Waals surface area (Å²) in [7, 11) is 0. The van der Waals surface area contributed by atoms with E-state index >= 15 is 0 Å². The van der Waals surface area contributed by atoms with Gasteiger partial charge >= 0.3 is 5.97 Å². The second kappa shape index (κ2) is 22.6. The van der Waals surface area contributed by atoms with Crippen LogP contribution in [0.15, 0.2) is 12.2 Å². The molecule has 5 heteroatoms. The first-order chi connectivity index (χ1) is 12.0. The van der Waals surface area contributed by atoms with Gasteiger partial charge in [0, 0.05) is 6.42 Å². The van der Waals surface area contributed by atoms with E-state index in [0.717, 1.165) is 12.8 Å². The lowest BCUT2D eigenvalue weighted by Crippen LogP contribution is -2.10. The van der Waals surface area contributed by atoms with E-state index < -0.39 is 5.97 Å². The number of carbonyl (C=O) groups is 2. The Morgan fingerprint density at radius 2 is 1.20 bits per heavy atom. The van der Waals surface area contributed by atoms with Crippen molar-refractivity contribution in [2.45, 2.75) is 96.8 Å². The van der Waals surface area contributed by atoms with Crippen LogP contribution in [-0.2, 0) is 9.59 Å². The SMILES string of the molecule is CCCCCCCC/C=C\CCCCCCCC(N)=O.NCC(=O)O. The molecule has 0 aromatic heterocycles. The first-order valence-corrected chi connectivity index (χ1v) is 9.89. The molecule has 0 unspecified atom stereocenters. The molecule has 0 heterocycles. The molecule has 0 aliphatic carbocycles. The molecule has 0 aliphatic heterocycles. The van der Waals surface area contributed by atoms with Gasteiger partial charge in [0.1, 0.15) is 0 Å². The molecule has 0 aromatic carbocycles. The maximum Gasteiger partial charge on any atom is 0.317 e. The minimum atomic E-state index is -0.968. The summed E-state index contributed by atoms with van der Waals surface area (Å²) < 4.78 is 0. The summed E-state index contributed by atoms with van der Waals surface area (Å²) in [6.45, 7) is 1.99. The molecule has 0 aliphatic rings. The highest BCUT2D eigenvalue weighted by atomic mass is 16.4. The molecule has 0 fully saturated rings. The highest BCUT2D eigenvalue weighted by Gasteiger charge is 1.94. The Labute approximate surface area is 154 Å². The Morgan fingerprint density at radius 1 is 0.800 bits per heavy atom. The average Bonchev–Trinajstić information content (AvgIpc) is 2.58. The van der Waals surface area contributed by atoms with Crippen molar-refractivity contribution in [2.75, 3.05) is 6.54 Å². The molecular formula is C20H40N2O3. The zero-order valence-corrected chi connectivity index (χ0v) is 16.2. The fourth-order valence-electron chi connectivity index (χ4n) is 2.37. The third-order valence-electron chi connectivity index (χ3n) is 3.86. The van der Waals surface area contributed by atoms with Crippen LogP contribution >= 0.6 is 0 Å². The lowest BCUT2D eigenvalue weighted by molar-refractivity contribution is -0.135. The quantitative estimate of drug-likeness (QED) is 0.279. The summed E-state index contributed by atoms with van der Waals surface area (Å²) in [6, 6.07) is 0. The number of hydrogen-bond donors (Lipinski definition) is 3. The number of hydrogen-bond acceptors (Lipinski definition) is 3. The molecule has 0 saturated heterocycles. The molecule has 25 heavy (non-hydrogen) atoms. The van der Waals surface area contributed by atoms with Gasteiger partial charge < -0.3 is 16.6 Å². The molecule has 0 saturated carbocycles. The lowest BCUT2D eigenvalue weighted by atomic mass is 10.1. The van der Waals surface area contributed by atoms with Crippen LogP contribution in [-0.4, -0.2) is 23.5 Å². The van der Waals surface area contributed by atoms with Crippen LogP contribution in [0.25, 0.3) is 0 Å². The topological polar surface area (TPSA) is 106 Å². The zero-order valence-electron chi connectivity index (χ0n) is 16.2. The third-order valence-corrected chi connectivity index (χ3v) is 3.86. The second-order valence-corrected chi connectivity index (χ2v) is 6.40. The number of primary amides is 1. The van der Waals surface area contributed by atoms with E-state index in [9.17, 15) is 9.59 Å². The smallest absolute Gasteiger partial charge is 0.317 e. The van der Waals surface area contributed by atoms with Crippen molar-refractivity contribution in [3.63, 3.8) is 0 Å². The van der Waals surface area contributed by atoms with E-state index in [-0.39, 0.29) is 12.5 Å². The van der Waals surface area contributed by atoms with Crippen LogP contribution in [0.4, 0.5) is 0 Å². The van der Waals surface area contributed by atoms with Crippen LogP contribution in [0.5, 0.6) is 0 Å². The second-order valence-electron chi connectivity index (χ2n) is 6.40. The van der Waals surface area contributed by atoms with Gasteiger partial charge in [-0.2, -0.15) is 0 Å². The summed E-state index contributed by atoms with van der Waals surface area (Å²) in [5.41, 5.74) is 9.67. The van der Waals surface area contributed by atoms with Crippen molar-refractivity contribution in [1.29, 1.82) is 0 Å². The van der Waals surface area contributed by atoms with E-state index in [2.05, 4.69) is 24.8 Å². The summed E-state index contributed by atoms with van der Waals surface area (Å²) in [4.78, 5) is 19.8. The van der Waals surface area contributed by atoms with Crippen LogP contribution in [0, 0.1) is 0 Å². The predicted molar refractivity (Wildman–Crippen MR) is 105 cm³/mol. The van der Waals surface area contributed by atoms with Crippen LogP contribution in [0.3, 0.4) is 0 Å². The molecule has 5 N–H and O–H groups in total. The average molecular weight is 357 g/mol. The molecule has 5 nitrogen and oxygen atoms in total.